The van der Waals surface area contributed by atoms with E-state index in [9.17, 15) is 14.9 Å². The van der Waals surface area contributed by atoms with Gasteiger partial charge in [0.05, 0.1) is 16.6 Å². The van der Waals surface area contributed by atoms with Gasteiger partial charge in [0, 0.05) is 19.2 Å². The fourth-order valence-electron chi connectivity index (χ4n) is 1.90. The van der Waals surface area contributed by atoms with Gasteiger partial charge in [0.1, 0.15) is 5.69 Å². The summed E-state index contributed by atoms with van der Waals surface area (Å²) >= 11 is 0. The third-order valence-corrected chi connectivity index (χ3v) is 2.88. The zero-order chi connectivity index (χ0) is 13.4. The first-order valence-electron chi connectivity index (χ1n) is 5.42. The van der Waals surface area contributed by atoms with Crippen LogP contribution in [0, 0.1) is 17.0 Å². The van der Waals surface area contributed by atoms with Crippen molar-refractivity contribution in [2.24, 2.45) is 0 Å². The first-order chi connectivity index (χ1) is 8.40. The molecule has 1 saturated heterocycles. The topological polar surface area (TPSA) is 110 Å². The number of rotatable bonds is 2. The normalized spacial score (nSPS) is 15.3. The smallest absolute Gasteiger partial charge is 0.293 e. The van der Waals surface area contributed by atoms with Crippen molar-refractivity contribution in [1.29, 1.82) is 0 Å². The minimum Gasteiger partial charge on any atom is -0.393 e. The molecular formula is C11H13N3O4. The van der Waals surface area contributed by atoms with Gasteiger partial charge in [0.15, 0.2) is 0 Å². The third kappa shape index (κ3) is 2.00. The Balaban J connectivity index is 2.38. The number of β-amino-alcohol motifs (C(OH)–C–C–N with tert-alkyl or cyclic N) is 1. The van der Waals surface area contributed by atoms with Crippen molar-refractivity contribution >= 4 is 17.3 Å². The van der Waals surface area contributed by atoms with E-state index in [0.29, 0.717) is 5.56 Å². The Morgan fingerprint density at radius 1 is 1.56 bits per heavy atom. The Kier molecular flexibility index (Phi) is 2.92. The number of hydrogen-bond acceptors (Lipinski definition) is 5. The number of carbonyl (C=O) groups excluding carboxylic acids is 1. The maximum atomic E-state index is 12.0. The molecule has 0 saturated carbocycles. The summed E-state index contributed by atoms with van der Waals surface area (Å²) in [6.45, 7) is 2.13. The maximum Gasteiger partial charge on any atom is 0.293 e. The highest BCUT2D eigenvalue weighted by atomic mass is 16.6. The lowest BCUT2D eigenvalue weighted by molar-refractivity contribution is -0.384. The van der Waals surface area contributed by atoms with E-state index in [1.807, 2.05) is 0 Å². The van der Waals surface area contributed by atoms with E-state index in [1.165, 1.54) is 17.0 Å². The van der Waals surface area contributed by atoms with Crippen molar-refractivity contribution in [3.05, 3.63) is 33.4 Å². The second kappa shape index (κ2) is 4.26. The molecule has 1 aliphatic heterocycles. The van der Waals surface area contributed by atoms with Crippen LogP contribution < -0.4 is 5.73 Å². The largest absolute Gasteiger partial charge is 0.393 e. The summed E-state index contributed by atoms with van der Waals surface area (Å²) in [6.07, 6.45) is -0.519. The lowest BCUT2D eigenvalue weighted by Crippen LogP contribution is -2.53. The summed E-state index contributed by atoms with van der Waals surface area (Å²) in [7, 11) is 0. The molecule has 1 amide bonds. The number of aliphatic hydroxyl groups excluding tert-OH is 1. The highest BCUT2D eigenvalue weighted by molar-refractivity contribution is 6.01. The summed E-state index contributed by atoms with van der Waals surface area (Å²) in [6, 6.07) is 2.85. The molecule has 0 radical (unpaired) electrons. The van der Waals surface area contributed by atoms with Gasteiger partial charge in [-0.25, -0.2) is 0 Å². The van der Waals surface area contributed by atoms with E-state index in [1.54, 1.807) is 6.92 Å². The van der Waals surface area contributed by atoms with Crippen molar-refractivity contribution in [2.75, 3.05) is 18.8 Å². The van der Waals surface area contributed by atoms with Gasteiger partial charge >= 0.3 is 0 Å². The predicted molar refractivity (Wildman–Crippen MR) is 64.2 cm³/mol. The van der Waals surface area contributed by atoms with Crippen LogP contribution in [0.1, 0.15) is 15.9 Å². The van der Waals surface area contributed by atoms with E-state index in [-0.39, 0.29) is 35.9 Å². The Labute approximate surface area is 103 Å². The van der Waals surface area contributed by atoms with Crippen LogP contribution in [0.25, 0.3) is 0 Å². The lowest BCUT2D eigenvalue weighted by Gasteiger charge is -2.36. The van der Waals surface area contributed by atoms with Gasteiger partial charge in [-0.15, -0.1) is 0 Å². The van der Waals surface area contributed by atoms with E-state index < -0.39 is 11.0 Å². The van der Waals surface area contributed by atoms with Gasteiger partial charge in [0.25, 0.3) is 11.6 Å². The quantitative estimate of drug-likeness (QED) is 0.446. The Hall–Kier alpha value is -2.15. The number of nitrogens with zero attached hydrogens (tertiary/aromatic N) is 2. The summed E-state index contributed by atoms with van der Waals surface area (Å²) in [5, 5.41) is 20.0. The van der Waals surface area contributed by atoms with Gasteiger partial charge in [-0.05, 0) is 18.6 Å². The zero-order valence-electron chi connectivity index (χ0n) is 9.79. The van der Waals surface area contributed by atoms with Crippen LogP contribution in [0.2, 0.25) is 0 Å². The SMILES string of the molecule is Cc1cc(C(=O)N2CC(O)C2)c(N)c([N+](=O)[O-])c1. The molecule has 1 aliphatic rings. The Morgan fingerprint density at radius 2 is 2.17 bits per heavy atom. The third-order valence-electron chi connectivity index (χ3n) is 2.88. The molecule has 1 aromatic carbocycles. The number of nitrogens with two attached hydrogens (primary N) is 1. The minimum absolute atomic E-state index is 0.119. The molecule has 0 bridgehead atoms. The maximum absolute atomic E-state index is 12.0. The van der Waals surface area contributed by atoms with Crippen molar-refractivity contribution in [2.45, 2.75) is 13.0 Å². The molecule has 0 atom stereocenters. The highest BCUT2D eigenvalue weighted by Gasteiger charge is 2.32. The molecule has 96 valence electrons. The summed E-state index contributed by atoms with van der Waals surface area (Å²) in [4.78, 5) is 23.6. The Bertz CT molecular complexity index is 523. The van der Waals surface area contributed by atoms with E-state index in [0.717, 1.165) is 0 Å². The van der Waals surface area contributed by atoms with Crippen molar-refractivity contribution < 1.29 is 14.8 Å². The van der Waals surface area contributed by atoms with Gasteiger partial charge in [0.2, 0.25) is 0 Å². The number of nitrogen functional groups attached to an aromatic ring is 1. The van der Waals surface area contributed by atoms with Crippen LogP contribution in [0.4, 0.5) is 11.4 Å². The minimum atomic E-state index is -0.607. The van der Waals surface area contributed by atoms with E-state index in [2.05, 4.69) is 0 Å². The first-order valence-corrected chi connectivity index (χ1v) is 5.42. The number of anilines is 1. The number of benzene rings is 1. The molecule has 0 unspecified atom stereocenters. The standard InChI is InChI=1S/C11H13N3O4/c1-6-2-8(10(12)9(3-6)14(17)18)11(16)13-4-7(15)5-13/h2-3,7,15H,4-5,12H2,1H3. The van der Waals surface area contributed by atoms with Crippen LogP contribution in [0.15, 0.2) is 12.1 Å². The van der Waals surface area contributed by atoms with Gasteiger partial charge in [-0.3, -0.25) is 14.9 Å². The number of nitro groups is 1. The molecule has 1 fully saturated rings. The zero-order valence-corrected chi connectivity index (χ0v) is 9.79. The molecular weight excluding hydrogens is 238 g/mol. The number of amides is 1. The second-order valence-corrected chi connectivity index (χ2v) is 4.37. The molecule has 1 aromatic rings. The van der Waals surface area contributed by atoms with Crippen LogP contribution in [0.3, 0.4) is 0 Å². The predicted octanol–water partition coefficient (Wildman–Crippen LogP) is 0.302. The molecule has 0 aliphatic carbocycles. The average molecular weight is 251 g/mol. The molecule has 0 spiro atoms. The Morgan fingerprint density at radius 3 is 2.67 bits per heavy atom. The number of aryl methyl sites for hydroxylation is 1. The van der Waals surface area contributed by atoms with Crippen molar-refractivity contribution in [3.8, 4) is 0 Å². The number of hydrogen-bond donors (Lipinski definition) is 2. The van der Waals surface area contributed by atoms with E-state index >= 15 is 0 Å². The van der Waals surface area contributed by atoms with Crippen LogP contribution >= 0.6 is 0 Å². The average Bonchev–Trinajstić information content (AvgIpc) is 2.26. The molecule has 3 N–H and O–H groups in total. The fourth-order valence-corrected chi connectivity index (χ4v) is 1.90. The van der Waals surface area contributed by atoms with Gasteiger partial charge < -0.3 is 15.7 Å². The number of carbonyl (C=O) groups is 1. The van der Waals surface area contributed by atoms with Crippen molar-refractivity contribution in [1.82, 2.24) is 4.90 Å². The lowest BCUT2D eigenvalue weighted by atomic mass is 10.0. The molecule has 7 heteroatoms. The molecule has 0 aromatic heterocycles. The number of likely N-dealkylation sites (tertiary alicyclic amines) is 1. The highest BCUT2D eigenvalue weighted by Crippen LogP contribution is 2.29. The second-order valence-electron chi connectivity index (χ2n) is 4.37. The monoisotopic (exact) mass is 251 g/mol. The fraction of sp³-hybridized carbons (Fsp3) is 0.364. The van der Waals surface area contributed by atoms with E-state index in [4.69, 9.17) is 10.8 Å². The number of nitro benzene ring substituents is 1. The summed E-state index contributed by atoms with van der Waals surface area (Å²) in [5.74, 6) is -0.385. The molecule has 1 heterocycles. The summed E-state index contributed by atoms with van der Waals surface area (Å²) in [5.41, 5.74) is 5.98. The van der Waals surface area contributed by atoms with Crippen LogP contribution in [-0.4, -0.2) is 40.0 Å². The molecule has 2 rings (SSSR count). The molecule has 18 heavy (non-hydrogen) atoms. The van der Waals surface area contributed by atoms with Gasteiger partial charge in [-0.2, -0.15) is 0 Å². The van der Waals surface area contributed by atoms with Crippen LogP contribution in [-0.2, 0) is 0 Å². The summed E-state index contributed by atoms with van der Waals surface area (Å²) < 4.78 is 0. The first kappa shape index (κ1) is 12.3. The van der Waals surface area contributed by atoms with Gasteiger partial charge in [-0.1, -0.05) is 0 Å². The molecule has 7 nitrogen and oxygen atoms in total. The number of aliphatic hydroxyl groups is 1. The van der Waals surface area contributed by atoms with Crippen LogP contribution in [0.5, 0.6) is 0 Å². The van der Waals surface area contributed by atoms with Crippen molar-refractivity contribution in [3.63, 3.8) is 0 Å².